The third-order valence-electron chi connectivity index (χ3n) is 3.42. The summed E-state index contributed by atoms with van der Waals surface area (Å²) in [5, 5.41) is 13.2. The Morgan fingerprint density at radius 3 is 2.71 bits per heavy atom. The van der Waals surface area contributed by atoms with E-state index < -0.39 is 11.9 Å². The minimum absolute atomic E-state index is 0.0432. The maximum absolute atomic E-state index is 14.0. The van der Waals surface area contributed by atoms with Crippen LogP contribution in [0.2, 0.25) is 10.0 Å². The van der Waals surface area contributed by atoms with E-state index in [1.807, 2.05) is 0 Å². The van der Waals surface area contributed by atoms with Crippen molar-refractivity contribution in [2.45, 2.75) is 12.5 Å². The lowest BCUT2D eigenvalue weighted by Gasteiger charge is -2.16. The van der Waals surface area contributed by atoms with Crippen molar-refractivity contribution in [3.63, 3.8) is 0 Å². The normalized spacial score (nSPS) is 14.8. The summed E-state index contributed by atoms with van der Waals surface area (Å²) in [5.74, 6) is -0.820. The van der Waals surface area contributed by atoms with Crippen molar-refractivity contribution < 1.29 is 14.3 Å². The number of benzene rings is 2. The van der Waals surface area contributed by atoms with E-state index in [0.29, 0.717) is 11.3 Å². The van der Waals surface area contributed by atoms with Gasteiger partial charge in [-0.3, -0.25) is 4.79 Å². The summed E-state index contributed by atoms with van der Waals surface area (Å²) in [4.78, 5) is 11.4. The number of fused-ring (bicyclic) bond motifs is 1. The van der Waals surface area contributed by atoms with Gasteiger partial charge in [0.1, 0.15) is 11.9 Å². The van der Waals surface area contributed by atoms with E-state index in [1.165, 1.54) is 12.1 Å². The van der Waals surface area contributed by atoms with Crippen molar-refractivity contribution in [3.05, 3.63) is 62.9 Å². The summed E-state index contributed by atoms with van der Waals surface area (Å²) in [6, 6.07) is 7.57. The molecule has 0 saturated carbocycles. The second-order valence-electron chi connectivity index (χ2n) is 4.80. The first-order valence-electron chi connectivity index (χ1n) is 6.21. The number of aliphatic hydroxyl groups is 1. The first-order valence-corrected chi connectivity index (χ1v) is 6.97. The molecule has 2 aromatic carbocycles. The first kappa shape index (κ1) is 14.3. The fourth-order valence-corrected chi connectivity index (χ4v) is 2.82. The fourth-order valence-electron chi connectivity index (χ4n) is 2.38. The zero-order valence-corrected chi connectivity index (χ0v) is 12.2. The van der Waals surface area contributed by atoms with Crippen LogP contribution >= 0.6 is 23.2 Å². The molecule has 3 rings (SSSR count). The summed E-state index contributed by atoms with van der Waals surface area (Å²) in [5.41, 5.74) is 1.73. The largest absolute Gasteiger partial charge is 0.383 e. The van der Waals surface area contributed by atoms with Gasteiger partial charge in [0.2, 0.25) is 5.91 Å². The molecule has 0 aliphatic carbocycles. The Hall–Kier alpha value is -1.62. The van der Waals surface area contributed by atoms with Gasteiger partial charge in [-0.25, -0.2) is 4.39 Å². The number of hydrogen-bond acceptors (Lipinski definition) is 2. The zero-order chi connectivity index (χ0) is 15.1. The molecule has 0 radical (unpaired) electrons. The molecule has 1 amide bonds. The molecule has 6 heteroatoms. The SMILES string of the molecule is O=C1Cc2cc(C(O)c3cccc(Cl)c3F)c(Cl)cc2N1. The van der Waals surface area contributed by atoms with Crippen LogP contribution in [-0.4, -0.2) is 11.0 Å². The van der Waals surface area contributed by atoms with E-state index >= 15 is 0 Å². The summed E-state index contributed by atoms with van der Waals surface area (Å²) in [7, 11) is 0. The van der Waals surface area contributed by atoms with Crippen molar-refractivity contribution in [2.75, 3.05) is 5.32 Å². The van der Waals surface area contributed by atoms with Gasteiger partial charge in [0.15, 0.2) is 0 Å². The van der Waals surface area contributed by atoms with Crippen molar-refractivity contribution in [2.24, 2.45) is 0 Å². The molecule has 21 heavy (non-hydrogen) atoms. The first-order chi connectivity index (χ1) is 9.97. The van der Waals surface area contributed by atoms with Crippen LogP contribution in [-0.2, 0) is 11.2 Å². The van der Waals surface area contributed by atoms with E-state index in [0.717, 1.165) is 5.56 Å². The second kappa shape index (κ2) is 5.30. The molecule has 108 valence electrons. The van der Waals surface area contributed by atoms with Crippen molar-refractivity contribution >= 4 is 34.8 Å². The number of rotatable bonds is 2. The third kappa shape index (κ3) is 2.50. The number of hydrogen-bond donors (Lipinski definition) is 2. The molecule has 0 spiro atoms. The van der Waals surface area contributed by atoms with Gasteiger partial charge in [-0.15, -0.1) is 0 Å². The molecule has 1 heterocycles. The predicted octanol–water partition coefficient (Wildman–Crippen LogP) is 3.71. The highest BCUT2D eigenvalue weighted by Gasteiger charge is 2.24. The van der Waals surface area contributed by atoms with E-state index in [-0.39, 0.29) is 27.9 Å². The van der Waals surface area contributed by atoms with Gasteiger partial charge in [0, 0.05) is 21.8 Å². The number of nitrogens with one attached hydrogen (secondary N) is 1. The molecule has 1 aliphatic rings. The fraction of sp³-hybridized carbons (Fsp3) is 0.133. The number of halogens is 3. The second-order valence-corrected chi connectivity index (χ2v) is 5.62. The van der Waals surface area contributed by atoms with Gasteiger partial charge < -0.3 is 10.4 Å². The standard InChI is InChI=1S/C15H10Cl2FNO2/c16-10-3-1-2-8(14(10)18)15(21)9-4-7-5-13(20)19-12(7)6-11(9)17/h1-4,6,15,21H,5H2,(H,19,20). The Bertz CT molecular complexity index is 749. The van der Waals surface area contributed by atoms with Crippen LogP contribution in [0.1, 0.15) is 22.8 Å². The highest BCUT2D eigenvalue weighted by atomic mass is 35.5. The molecule has 0 aromatic heterocycles. The van der Waals surface area contributed by atoms with Crippen LogP contribution in [0.5, 0.6) is 0 Å². The lowest BCUT2D eigenvalue weighted by molar-refractivity contribution is -0.115. The average molecular weight is 326 g/mol. The van der Waals surface area contributed by atoms with Crippen molar-refractivity contribution in [1.29, 1.82) is 0 Å². The Morgan fingerprint density at radius 2 is 1.95 bits per heavy atom. The molecule has 0 saturated heterocycles. The molecule has 2 aromatic rings. The summed E-state index contributed by atoms with van der Waals surface area (Å²) < 4.78 is 14.0. The average Bonchev–Trinajstić information content (AvgIpc) is 2.79. The number of carbonyl (C=O) groups is 1. The summed E-state index contributed by atoms with van der Waals surface area (Å²) in [6.07, 6.45) is -1.04. The van der Waals surface area contributed by atoms with Gasteiger partial charge in [-0.2, -0.15) is 0 Å². The Kier molecular flexibility index (Phi) is 3.61. The third-order valence-corrected chi connectivity index (χ3v) is 4.04. The van der Waals surface area contributed by atoms with Crippen LogP contribution in [0, 0.1) is 5.82 Å². The van der Waals surface area contributed by atoms with E-state index in [2.05, 4.69) is 5.32 Å². The van der Waals surface area contributed by atoms with Crippen LogP contribution < -0.4 is 5.32 Å². The minimum Gasteiger partial charge on any atom is -0.383 e. The molecule has 2 N–H and O–H groups in total. The smallest absolute Gasteiger partial charge is 0.228 e. The Labute approximate surface area is 130 Å². The van der Waals surface area contributed by atoms with Crippen LogP contribution in [0.25, 0.3) is 0 Å². The van der Waals surface area contributed by atoms with Gasteiger partial charge >= 0.3 is 0 Å². The zero-order valence-electron chi connectivity index (χ0n) is 10.7. The maximum Gasteiger partial charge on any atom is 0.228 e. The van der Waals surface area contributed by atoms with E-state index in [4.69, 9.17) is 23.2 Å². The number of amides is 1. The quantitative estimate of drug-likeness (QED) is 0.884. The Morgan fingerprint density at radius 1 is 1.19 bits per heavy atom. The topological polar surface area (TPSA) is 49.3 Å². The molecule has 1 aliphatic heterocycles. The molecular formula is C15H10Cl2FNO2. The number of anilines is 1. The lowest BCUT2D eigenvalue weighted by atomic mass is 9.98. The molecule has 1 atom stereocenters. The van der Waals surface area contributed by atoms with Gasteiger partial charge in [0.05, 0.1) is 11.4 Å². The van der Waals surface area contributed by atoms with Gasteiger partial charge in [-0.05, 0) is 23.8 Å². The van der Waals surface area contributed by atoms with Gasteiger partial charge in [0.25, 0.3) is 0 Å². The van der Waals surface area contributed by atoms with Crippen molar-refractivity contribution in [3.8, 4) is 0 Å². The molecule has 0 fully saturated rings. The van der Waals surface area contributed by atoms with E-state index in [1.54, 1.807) is 18.2 Å². The van der Waals surface area contributed by atoms with Crippen LogP contribution in [0.15, 0.2) is 30.3 Å². The molecule has 0 bridgehead atoms. The molecule has 3 nitrogen and oxygen atoms in total. The van der Waals surface area contributed by atoms with Crippen molar-refractivity contribution in [1.82, 2.24) is 0 Å². The summed E-state index contributed by atoms with van der Waals surface area (Å²) >= 11 is 11.9. The number of aliphatic hydroxyl groups excluding tert-OH is 1. The molecule has 1 unspecified atom stereocenters. The summed E-state index contributed by atoms with van der Waals surface area (Å²) in [6.45, 7) is 0. The Balaban J connectivity index is 2.06. The van der Waals surface area contributed by atoms with Crippen LogP contribution in [0.4, 0.5) is 10.1 Å². The van der Waals surface area contributed by atoms with E-state index in [9.17, 15) is 14.3 Å². The highest BCUT2D eigenvalue weighted by Crippen LogP contribution is 2.36. The van der Waals surface area contributed by atoms with Crippen LogP contribution in [0.3, 0.4) is 0 Å². The predicted molar refractivity (Wildman–Crippen MR) is 79.3 cm³/mol. The molecular weight excluding hydrogens is 316 g/mol. The number of carbonyl (C=O) groups excluding carboxylic acids is 1. The monoisotopic (exact) mass is 325 g/mol. The lowest BCUT2D eigenvalue weighted by Crippen LogP contribution is -2.04. The highest BCUT2D eigenvalue weighted by molar-refractivity contribution is 6.32. The minimum atomic E-state index is -1.25. The van der Waals surface area contributed by atoms with Gasteiger partial charge in [-0.1, -0.05) is 35.3 Å². The maximum atomic E-state index is 14.0.